The van der Waals surface area contributed by atoms with Crippen molar-refractivity contribution in [2.45, 2.75) is 38.3 Å². The summed E-state index contributed by atoms with van der Waals surface area (Å²) < 4.78 is 0. The standard InChI is InChI=1S/C9H16N2O3/c1-6(12)9(14)11-5-3-2-4-7(11)8(10)13/h6-7,12H,2-5H2,1H3,(H2,10,13)/t6-,7?/m0/s1. The van der Waals surface area contributed by atoms with E-state index in [4.69, 9.17) is 10.8 Å². The number of carbonyl (C=O) groups excluding carboxylic acids is 2. The molecule has 80 valence electrons. The van der Waals surface area contributed by atoms with Gasteiger partial charge in [-0.3, -0.25) is 9.59 Å². The smallest absolute Gasteiger partial charge is 0.251 e. The molecule has 0 spiro atoms. The number of carbonyl (C=O) groups is 2. The minimum absolute atomic E-state index is 0.409. The Hall–Kier alpha value is -1.10. The number of nitrogens with two attached hydrogens (primary N) is 1. The van der Waals surface area contributed by atoms with Gasteiger partial charge in [-0.2, -0.15) is 0 Å². The van der Waals surface area contributed by atoms with E-state index in [1.165, 1.54) is 11.8 Å². The van der Waals surface area contributed by atoms with Gasteiger partial charge in [-0.05, 0) is 26.2 Å². The lowest BCUT2D eigenvalue weighted by Crippen LogP contribution is -2.52. The van der Waals surface area contributed by atoms with Crippen molar-refractivity contribution in [2.75, 3.05) is 6.54 Å². The van der Waals surface area contributed by atoms with Crippen molar-refractivity contribution in [1.29, 1.82) is 0 Å². The zero-order chi connectivity index (χ0) is 10.7. The third-order valence-corrected chi connectivity index (χ3v) is 2.47. The van der Waals surface area contributed by atoms with Gasteiger partial charge >= 0.3 is 0 Å². The van der Waals surface area contributed by atoms with Crippen molar-refractivity contribution in [1.82, 2.24) is 4.90 Å². The predicted octanol–water partition coefficient (Wildman–Crippen LogP) is -0.766. The first-order valence-corrected chi connectivity index (χ1v) is 4.82. The lowest BCUT2D eigenvalue weighted by atomic mass is 10.0. The summed E-state index contributed by atoms with van der Waals surface area (Å²) in [5.74, 6) is -0.896. The summed E-state index contributed by atoms with van der Waals surface area (Å²) in [5.41, 5.74) is 5.18. The molecule has 3 N–H and O–H groups in total. The summed E-state index contributed by atoms with van der Waals surface area (Å²) in [6.07, 6.45) is 1.31. The molecule has 0 saturated carbocycles. The van der Waals surface area contributed by atoms with Gasteiger partial charge in [0.05, 0.1) is 0 Å². The molecule has 0 aromatic heterocycles. The van der Waals surface area contributed by atoms with Gasteiger partial charge in [0.2, 0.25) is 5.91 Å². The highest BCUT2D eigenvalue weighted by molar-refractivity contribution is 5.88. The number of aliphatic hydroxyl groups is 1. The van der Waals surface area contributed by atoms with Crippen molar-refractivity contribution in [3.05, 3.63) is 0 Å². The van der Waals surface area contributed by atoms with E-state index in [1.807, 2.05) is 0 Å². The minimum Gasteiger partial charge on any atom is -0.384 e. The molecule has 1 saturated heterocycles. The van der Waals surface area contributed by atoms with Crippen molar-refractivity contribution < 1.29 is 14.7 Å². The Morgan fingerprint density at radius 2 is 2.14 bits per heavy atom. The fraction of sp³-hybridized carbons (Fsp3) is 0.778. The van der Waals surface area contributed by atoms with Gasteiger partial charge < -0.3 is 15.7 Å². The topological polar surface area (TPSA) is 83.6 Å². The van der Waals surface area contributed by atoms with Crippen LogP contribution in [0.15, 0.2) is 0 Å². The van der Waals surface area contributed by atoms with Gasteiger partial charge in [-0.25, -0.2) is 0 Å². The monoisotopic (exact) mass is 200 g/mol. The zero-order valence-electron chi connectivity index (χ0n) is 8.27. The maximum Gasteiger partial charge on any atom is 0.251 e. The molecule has 1 rings (SSSR count). The predicted molar refractivity (Wildman–Crippen MR) is 50.2 cm³/mol. The van der Waals surface area contributed by atoms with Crippen LogP contribution in [0.3, 0.4) is 0 Å². The fourth-order valence-electron chi connectivity index (χ4n) is 1.73. The molecule has 1 aliphatic rings. The first-order valence-electron chi connectivity index (χ1n) is 4.82. The first kappa shape index (κ1) is 11.0. The second-order valence-corrected chi connectivity index (χ2v) is 3.62. The Bertz CT molecular complexity index is 240. The van der Waals surface area contributed by atoms with Crippen LogP contribution in [0.2, 0.25) is 0 Å². The molecule has 1 aliphatic heterocycles. The number of nitrogens with zero attached hydrogens (tertiary/aromatic N) is 1. The second kappa shape index (κ2) is 4.41. The van der Waals surface area contributed by atoms with Gasteiger partial charge in [0.25, 0.3) is 5.91 Å². The fourth-order valence-corrected chi connectivity index (χ4v) is 1.73. The summed E-state index contributed by atoms with van der Waals surface area (Å²) >= 11 is 0. The average molecular weight is 200 g/mol. The maximum atomic E-state index is 11.5. The molecule has 0 aromatic carbocycles. The van der Waals surface area contributed by atoms with E-state index in [1.54, 1.807) is 0 Å². The van der Waals surface area contributed by atoms with Crippen LogP contribution in [-0.2, 0) is 9.59 Å². The van der Waals surface area contributed by atoms with Gasteiger partial charge in [0.1, 0.15) is 12.1 Å². The lowest BCUT2D eigenvalue weighted by Gasteiger charge is -2.34. The van der Waals surface area contributed by atoms with E-state index in [9.17, 15) is 9.59 Å². The quantitative estimate of drug-likeness (QED) is 0.614. The van der Waals surface area contributed by atoms with Crippen LogP contribution >= 0.6 is 0 Å². The van der Waals surface area contributed by atoms with Crippen LogP contribution < -0.4 is 5.73 Å². The summed E-state index contributed by atoms with van der Waals surface area (Å²) in [4.78, 5) is 23.9. The molecule has 0 radical (unpaired) electrons. The van der Waals surface area contributed by atoms with E-state index in [0.717, 1.165) is 12.8 Å². The molecule has 1 fully saturated rings. The number of aliphatic hydroxyl groups excluding tert-OH is 1. The lowest BCUT2D eigenvalue weighted by molar-refractivity contribution is -0.147. The molecule has 5 heteroatoms. The molecule has 14 heavy (non-hydrogen) atoms. The van der Waals surface area contributed by atoms with E-state index >= 15 is 0 Å². The Morgan fingerprint density at radius 3 is 2.64 bits per heavy atom. The number of hydrogen-bond donors (Lipinski definition) is 2. The summed E-state index contributed by atoms with van der Waals surface area (Å²) in [5, 5.41) is 9.13. The van der Waals surface area contributed by atoms with Crippen LogP contribution in [-0.4, -0.2) is 40.5 Å². The molecular weight excluding hydrogens is 184 g/mol. The highest BCUT2D eigenvalue weighted by Gasteiger charge is 2.32. The van der Waals surface area contributed by atoms with Gasteiger partial charge in [0, 0.05) is 6.54 Å². The Balaban J connectivity index is 2.72. The molecule has 1 unspecified atom stereocenters. The van der Waals surface area contributed by atoms with Gasteiger partial charge in [-0.1, -0.05) is 0 Å². The van der Waals surface area contributed by atoms with Crippen molar-refractivity contribution in [3.63, 3.8) is 0 Å². The van der Waals surface area contributed by atoms with Crippen LogP contribution in [0.1, 0.15) is 26.2 Å². The Labute approximate surface area is 82.9 Å². The first-order chi connectivity index (χ1) is 6.54. The number of likely N-dealkylation sites (tertiary alicyclic amines) is 1. The van der Waals surface area contributed by atoms with E-state index in [-0.39, 0.29) is 0 Å². The number of primary amides is 1. The van der Waals surface area contributed by atoms with Crippen LogP contribution in [0.25, 0.3) is 0 Å². The molecule has 1 heterocycles. The van der Waals surface area contributed by atoms with Crippen LogP contribution in [0.4, 0.5) is 0 Å². The van der Waals surface area contributed by atoms with Gasteiger partial charge in [-0.15, -0.1) is 0 Å². The zero-order valence-corrected chi connectivity index (χ0v) is 8.27. The summed E-state index contributed by atoms with van der Waals surface area (Å²) in [7, 11) is 0. The molecule has 2 atom stereocenters. The van der Waals surface area contributed by atoms with Crippen molar-refractivity contribution >= 4 is 11.8 Å². The largest absolute Gasteiger partial charge is 0.384 e. The third kappa shape index (κ3) is 2.23. The van der Waals surface area contributed by atoms with Crippen molar-refractivity contribution in [2.24, 2.45) is 5.73 Å². The SMILES string of the molecule is C[C@H](O)C(=O)N1CCCCC1C(N)=O. The molecule has 2 amide bonds. The molecular formula is C9H16N2O3. The normalized spacial score (nSPS) is 24.4. The maximum absolute atomic E-state index is 11.5. The Morgan fingerprint density at radius 1 is 1.50 bits per heavy atom. The van der Waals surface area contributed by atoms with Crippen LogP contribution in [0.5, 0.6) is 0 Å². The molecule has 0 aromatic rings. The molecule has 0 bridgehead atoms. The second-order valence-electron chi connectivity index (χ2n) is 3.62. The van der Waals surface area contributed by atoms with Gasteiger partial charge in [0.15, 0.2) is 0 Å². The van der Waals surface area contributed by atoms with E-state index in [0.29, 0.717) is 13.0 Å². The van der Waals surface area contributed by atoms with E-state index in [2.05, 4.69) is 0 Å². The summed E-state index contributed by atoms with van der Waals surface area (Å²) in [6, 6.07) is -0.536. The number of rotatable bonds is 2. The van der Waals surface area contributed by atoms with Crippen molar-refractivity contribution in [3.8, 4) is 0 Å². The average Bonchev–Trinajstić information content (AvgIpc) is 2.16. The third-order valence-electron chi connectivity index (χ3n) is 2.47. The summed E-state index contributed by atoms with van der Waals surface area (Å²) in [6.45, 7) is 1.91. The van der Waals surface area contributed by atoms with E-state index < -0.39 is 24.0 Å². The van der Waals surface area contributed by atoms with Crippen LogP contribution in [0, 0.1) is 0 Å². The minimum atomic E-state index is -1.06. The Kier molecular flexibility index (Phi) is 3.46. The molecule has 5 nitrogen and oxygen atoms in total. The highest BCUT2D eigenvalue weighted by Crippen LogP contribution is 2.17. The molecule has 0 aliphatic carbocycles. The number of amides is 2. The highest BCUT2D eigenvalue weighted by atomic mass is 16.3. The number of hydrogen-bond acceptors (Lipinski definition) is 3. The number of piperidine rings is 1.